The van der Waals surface area contributed by atoms with Crippen LogP contribution >= 0.6 is 0 Å². The van der Waals surface area contributed by atoms with Crippen LogP contribution in [0.25, 0.3) is 5.57 Å². The van der Waals surface area contributed by atoms with E-state index in [4.69, 9.17) is 4.74 Å². The van der Waals surface area contributed by atoms with Crippen molar-refractivity contribution in [1.29, 1.82) is 0 Å². The van der Waals surface area contributed by atoms with Crippen LogP contribution in [0.4, 0.5) is 0 Å². The summed E-state index contributed by atoms with van der Waals surface area (Å²) in [6.45, 7) is 5.15. The Kier molecular flexibility index (Phi) is 7.17. The first-order valence-corrected chi connectivity index (χ1v) is 9.83. The van der Waals surface area contributed by atoms with Gasteiger partial charge >= 0.3 is 5.97 Å². The van der Waals surface area contributed by atoms with Gasteiger partial charge in [-0.3, -0.25) is 9.78 Å². The molecule has 0 bridgehead atoms. The van der Waals surface area contributed by atoms with Crippen molar-refractivity contribution < 1.29 is 9.53 Å². The van der Waals surface area contributed by atoms with Crippen LogP contribution in [-0.4, -0.2) is 42.1 Å². The van der Waals surface area contributed by atoms with E-state index in [1.165, 1.54) is 16.7 Å². The Morgan fingerprint density at radius 1 is 1.19 bits per heavy atom. The van der Waals surface area contributed by atoms with E-state index in [2.05, 4.69) is 52.4 Å². The third kappa shape index (κ3) is 5.51. The number of pyridine rings is 1. The Balaban J connectivity index is 1.66. The van der Waals surface area contributed by atoms with Gasteiger partial charge in [0.05, 0.1) is 12.5 Å². The number of carbonyl (C=O) groups is 1. The number of esters is 1. The fourth-order valence-corrected chi connectivity index (χ4v) is 3.65. The zero-order valence-corrected chi connectivity index (χ0v) is 16.0. The monoisotopic (exact) mass is 364 g/mol. The molecule has 1 aromatic heterocycles. The Bertz CT molecular complexity index is 702. The highest BCUT2D eigenvalue weighted by atomic mass is 16.5. The molecule has 0 spiro atoms. The maximum Gasteiger partial charge on any atom is 0.310 e. The highest BCUT2D eigenvalue weighted by molar-refractivity contribution is 5.79. The summed E-state index contributed by atoms with van der Waals surface area (Å²) in [7, 11) is 0. The summed E-state index contributed by atoms with van der Waals surface area (Å²) in [6.07, 6.45) is 8.92. The van der Waals surface area contributed by atoms with Crippen LogP contribution in [0.15, 0.2) is 60.9 Å². The van der Waals surface area contributed by atoms with Gasteiger partial charge in [0.2, 0.25) is 0 Å². The van der Waals surface area contributed by atoms with E-state index in [0.717, 1.165) is 38.9 Å². The van der Waals surface area contributed by atoms with Crippen molar-refractivity contribution in [2.45, 2.75) is 26.2 Å². The highest BCUT2D eigenvalue weighted by Crippen LogP contribution is 2.24. The Morgan fingerprint density at radius 3 is 2.67 bits per heavy atom. The second-order valence-electron chi connectivity index (χ2n) is 6.90. The van der Waals surface area contributed by atoms with Crippen LogP contribution in [0.3, 0.4) is 0 Å². The van der Waals surface area contributed by atoms with Crippen molar-refractivity contribution in [3.63, 3.8) is 0 Å². The standard InChI is InChI=1S/C23H28N2O2/c1-2-27-23(26)21-10-6-16-25(18-21)17-7-11-22(19-8-4-3-5-9-19)20-12-14-24-15-13-20/h3-5,8-9,11-15,21H,2,6-7,10,16-18H2,1H3. The molecule has 1 saturated heterocycles. The molecule has 2 heterocycles. The zero-order valence-electron chi connectivity index (χ0n) is 16.0. The topological polar surface area (TPSA) is 42.4 Å². The Labute approximate surface area is 161 Å². The molecule has 1 aliphatic heterocycles. The molecule has 142 valence electrons. The first-order chi connectivity index (χ1) is 13.3. The summed E-state index contributed by atoms with van der Waals surface area (Å²) in [4.78, 5) is 18.6. The molecule has 0 saturated carbocycles. The van der Waals surface area contributed by atoms with Gasteiger partial charge in [-0.05, 0) is 61.6 Å². The summed E-state index contributed by atoms with van der Waals surface area (Å²) in [6, 6.07) is 14.6. The van der Waals surface area contributed by atoms with Crippen LogP contribution in [0.1, 0.15) is 37.3 Å². The van der Waals surface area contributed by atoms with Crippen molar-refractivity contribution in [1.82, 2.24) is 9.88 Å². The molecule has 4 nitrogen and oxygen atoms in total. The Hall–Kier alpha value is -2.46. The molecule has 1 fully saturated rings. The van der Waals surface area contributed by atoms with Crippen LogP contribution in [0.5, 0.6) is 0 Å². The number of piperidine rings is 1. The average Bonchev–Trinajstić information content (AvgIpc) is 2.73. The second-order valence-corrected chi connectivity index (χ2v) is 6.90. The lowest BCUT2D eigenvalue weighted by Gasteiger charge is -2.31. The quantitative estimate of drug-likeness (QED) is 0.691. The molecular weight excluding hydrogens is 336 g/mol. The molecule has 0 radical (unpaired) electrons. The van der Waals surface area contributed by atoms with E-state index in [1.807, 2.05) is 25.4 Å². The van der Waals surface area contributed by atoms with Crippen molar-refractivity contribution in [3.8, 4) is 0 Å². The predicted molar refractivity (Wildman–Crippen MR) is 108 cm³/mol. The van der Waals surface area contributed by atoms with Gasteiger partial charge in [-0.25, -0.2) is 0 Å². The van der Waals surface area contributed by atoms with Gasteiger partial charge in [-0.2, -0.15) is 0 Å². The normalized spacial score (nSPS) is 18.3. The lowest BCUT2D eigenvalue weighted by molar-refractivity contribution is -0.149. The Morgan fingerprint density at radius 2 is 1.93 bits per heavy atom. The lowest BCUT2D eigenvalue weighted by atomic mass is 9.96. The average molecular weight is 364 g/mol. The smallest absolute Gasteiger partial charge is 0.310 e. The van der Waals surface area contributed by atoms with E-state index in [0.29, 0.717) is 6.61 Å². The number of hydrogen-bond acceptors (Lipinski definition) is 4. The third-order valence-corrected chi connectivity index (χ3v) is 5.00. The van der Waals surface area contributed by atoms with Gasteiger partial charge in [0.1, 0.15) is 0 Å². The fraction of sp³-hybridized carbons (Fsp3) is 0.391. The van der Waals surface area contributed by atoms with Crippen LogP contribution in [0.2, 0.25) is 0 Å². The summed E-state index contributed by atoms with van der Waals surface area (Å²) in [5.41, 5.74) is 3.63. The van der Waals surface area contributed by atoms with Gasteiger partial charge in [0.25, 0.3) is 0 Å². The number of rotatable bonds is 7. The molecule has 27 heavy (non-hydrogen) atoms. The van der Waals surface area contributed by atoms with Crippen molar-refractivity contribution in [3.05, 3.63) is 72.1 Å². The summed E-state index contributed by atoms with van der Waals surface area (Å²) in [5.74, 6) is -0.0176. The van der Waals surface area contributed by atoms with Crippen molar-refractivity contribution in [2.24, 2.45) is 5.92 Å². The van der Waals surface area contributed by atoms with Crippen LogP contribution in [0, 0.1) is 5.92 Å². The van der Waals surface area contributed by atoms with Gasteiger partial charge in [0.15, 0.2) is 0 Å². The van der Waals surface area contributed by atoms with Crippen LogP contribution < -0.4 is 0 Å². The van der Waals surface area contributed by atoms with E-state index < -0.39 is 0 Å². The molecule has 1 aliphatic rings. The van der Waals surface area contributed by atoms with Gasteiger partial charge in [0, 0.05) is 25.5 Å². The molecular formula is C23H28N2O2. The minimum atomic E-state index is -0.0421. The molecule has 2 aromatic rings. The largest absolute Gasteiger partial charge is 0.466 e. The first-order valence-electron chi connectivity index (χ1n) is 9.83. The minimum absolute atomic E-state index is 0.0245. The van der Waals surface area contributed by atoms with Crippen molar-refractivity contribution >= 4 is 11.5 Å². The number of hydrogen-bond donors (Lipinski definition) is 0. The summed E-state index contributed by atoms with van der Waals surface area (Å²) in [5, 5.41) is 0. The van der Waals surface area contributed by atoms with E-state index in [-0.39, 0.29) is 11.9 Å². The molecule has 0 aliphatic carbocycles. The molecule has 1 aromatic carbocycles. The number of nitrogens with zero attached hydrogens (tertiary/aromatic N) is 2. The number of aromatic nitrogens is 1. The van der Waals surface area contributed by atoms with Gasteiger partial charge in [-0.15, -0.1) is 0 Å². The maximum absolute atomic E-state index is 12.0. The number of ether oxygens (including phenoxy) is 1. The minimum Gasteiger partial charge on any atom is -0.466 e. The van der Waals surface area contributed by atoms with Gasteiger partial charge in [-0.1, -0.05) is 36.4 Å². The van der Waals surface area contributed by atoms with E-state index in [1.54, 1.807) is 0 Å². The molecule has 0 N–H and O–H groups in total. The molecule has 0 amide bonds. The second kappa shape index (κ2) is 10.0. The van der Waals surface area contributed by atoms with Gasteiger partial charge < -0.3 is 9.64 Å². The number of likely N-dealkylation sites (tertiary alicyclic amines) is 1. The summed E-state index contributed by atoms with van der Waals surface area (Å²) < 4.78 is 5.20. The third-order valence-electron chi connectivity index (χ3n) is 5.00. The van der Waals surface area contributed by atoms with Crippen molar-refractivity contribution in [2.75, 3.05) is 26.2 Å². The molecule has 4 heteroatoms. The predicted octanol–water partition coefficient (Wildman–Crippen LogP) is 4.18. The molecule has 3 rings (SSSR count). The SMILES string of the molecule is CCOC(=O)C1CCCN(CCC=C(c2ccccc2)c2ccncc2)C1. The van der Waals surface area contributed by atoms with Crippen LogP contribution in [-0.2, 0) is 9.53 Å². The molecule has 1 atom stereocenters. The molecule has 1 unspecified atom stereocenters. The van der Waals surface area contributed by atoms with E-state index >= 15 is 0 Å². The summed E-state index contributed by atoms with van der Waals surface area (Å²) >= 11 is 0. The number of carbonyl (C=O) groups excluding carboxylic acids is 1. The zero-order chi connectivity index (χ0) is 18.9. The first kappa shape index (κ1) is 19.3. The number of benzene rings is 1. The fourth-order valence-electron chi connectivity index (χ4n) is 3.65. The lowest BCUT2D eigenvalue weighted by Crippen LogP contribution is -2.39. The highest BCUT2D eigenvalue weighted by Gasteiger charge is 2.26. The van der Waals surface area contributed by atoms with E-state index in [9.17, 15) is 4.79 Å². The maximum atomic E-state index is 12.0.